The van der Waals surface area contributed by atoms with Gasteiger partial charge in [0, 0.05) is 29.9 Å². The molecule has 3 rings (SSSR count). The molecule has 0 unspecified atom stereocenters. The van der Waals surface area contributed by atoms with Gasteiger partial charge in [0.15, 0.2) is 0 Å². The standard InChI is InChI=1S/C24H34N2OS/c1-3-4-14-26(17-20-9-6-5-7-10-20)15-8-13-25-24(27)22-18-28-23-16-19(2)11-12-21(22)23/h5-7,9-10,18-19H,3-4,8,11-17H2,1-2H3,(H,25,27)/t19-/m0/s1. The Bertz CT molecular complexity index is 740. The number of carbonyl (C=O) groups excluding carboxylic acids is 1. The molecule has 4 heteroatoms. The number of amides is 1. The maximum Gasteiger partial charge on any atom is 0.252 e. The van der Waals surface area contributed by atoms with Crippen LogP contribution in [0.15, 0.2) is 35.7 Å². The van der Waals surface area contributed by atoms with Crippen LogP contribution in [0, 0.1) is 5.92 Å². The fourth-order valence-electron chi connectivity index (χ4n) is 3.96. The molecule has 0 bridgehead atoms. The van der Waals surface area contributed by atoms with Crippen LogP contribution in [0.1, 0.15) is 65.9 Å². The summed E-state index contributed by atoms with van der Waals surface area (Å²) in [5, 5.41) is 5.23. The number of benzene rings is 1. The van der Waals surface area contributed by atoms with E-state index in [9.17, 15) is 4.79 Å². The number of nitrogens with zero attached hydrogens (tertiary/aromatic N) is 1. The average molecular weight is 399 g/mol. The summed E-state index contributed by atoms with van der Waals surface area (Å²) in [4.78, 5) is 16.6. The summed E-state index contributed by atoms with van der Waals surface area (Å²) in [6.45, 7) is 8.43. The van der Waals surface area contributed by atoms with E-state index < -0.39 is 0 Å². The lowest BCUT2D eigenvalue weighted by molar-refractivity contribution is 0.0950. The largest absolute Gasteiger partial charge is 0.352 e. The molecular weight excluding hydrogens is 364 g/mol. The van der Waals surface area contributed by atoms with E-state index in [-0.39, 0.29) is 5.91 Å². The molecule has 0 spiro atoms. The van der Waals surface area contributed by atoms with Crippen molar-refractivity contribution in [2.45, 2.75) is 58.9 Å². The predicted octanol–water partition coefficient (Wildman–Crippen LogP) is 5.30. The summed E-state index contributed by atoms with van der Waals surface area (Å²) < 4.78 is 0. The van der Waals surface area contributed by atoms with Crippen LogP contribution in [0.25, 0.3) is 0 Å². The molecule has 1 N–H and O–H groups in total. The summed E-state index contributed by atoms with van der Waals surface area (Å²) in [5.41, 5.74) is 3.61. The van der Waals surface area contributed by atoms with Crippen LogP contribution in [-0.2, 0) is 19.4 Å². The topological polar surface area (TPSA) is 32.3 Å². The molecule has 1 aromatic heterocycles. The maximum absolute atomic E-state index is 12.6. The highest BCUT2D eigenvalue weighted by Gasteiger charge is 2.22. The number of hydrogen-bond donors (Lipinski definition) is 1. The molecule has 1 aliphatic carbocycles. The lowest BCUT2D eigenvalue weighted by Gasteiger charge is -2.22. The summed E-state index contributed by atoms with van der Waals surface area (Å²) >= 11 is 1.77. The molecule has 1 amide bonds. The molecule has 0 aliphatic heterocycles. The molecule has 0 saturated carbocycles. The van der Waals surface area contributed by atoms with E-state index in [1.165, 1.54) is 35.3 Å². The Morgan fingerprint density at radius 2 is 2.00 bits per heavy atom. The minimum absolute atomic E-state index is 0.121. The monoisotopic (exact) mass is 398 g/mol. The van der Waals surface area contributed by atoms with Gasteiger partial charge in [0.1, 0.15) is 0 Å². The van der Waals surface area contributed by atoms with Crippen molar-refractivity contribution in [3.8, 4) is 0 Å². The van der Waals surface area contributed by atoms with Gasteiger partial charge in [0.2, 0.25) is 0 Å². The highest BCUT2D eigenvalue weighted by molar-refractivity contribution is 7.10. The Morgan fingerprint density at radius 1 is 1.21 bits per heavy atom. The van der Waals surface area contributed by atoms with E-state index >= 15 is 0 Å². The van der Waals surface area contributed by atoms with Crippen LogP contribution in [-0.4, -0.2) is 30.4 Å². The lowest BCUT2D eigenvalue weighted by atomic mass is 9.88. The van der Waals surface area contributed by atoms with Crippen molar-refractivity contribution in [1.82, 2.24) is 10.2 Å². The van der Waals surface area contributed by atoms with Crippen molar-refractivity contribution in [3.05, 3.63) is 57.3 Å². The van der Waals surface area contributed by atoms with Gasteiger partial charge in [0.05, 0.1) is 5.56 Å². The van der Waals surface area contributed by atoms with Crippen LogP contribution in [0.4, 0.5) is 0 Å². The normalized spacial score (nSPS) is 16.2. The van der Waals surface area contributed by atoms with Crippen molar-refractivity contribution in [3.63, 3.8) is 0 Å². The molecule has 28 heavy (non-hydrogen) atoms. The van der Waals surface area contributed by atoms with Crippen molar-refractivity contribution in [1.29, 1.82) is 0 Å². The van der Waals surface area contributed by atoms with Gasteiger partial charge in [-0.1, -0.05) is 50.6 Å². The second kappa shape index (κ2) is 10.8. The van der Waals surface area contributed by atoms with Crippen LogP contribution in [0.3, 0.4) is 0 Å². The summed E-state index contributed by atoms with van der Waals surface area (Å²) in [6.07, 6.45) is 6.83. The third-order valence-corrected chi connectivity index (χ3v) is 6.71. The molecule has 1 aliphatic rings. The minimum Gasteiger partial charge on any atom is -0.352 e. The van der Waals surface area contributed by atoms with E-state index in [1.807, 2.05) is 0 Å². The van der Waals surface area contributed by atoms with E-state index in [2.05, 4.69) is 59.8 Å². The second-order valence-electron chi connectivity index (χ2n) is 8.12. The number of fused-ring (bicyclic) bond motifs is 1. The van der Waals surface area contributed by atoms with E-state index in [4.69, 9.17) is 0 Å². The van der Waals surface area contributed by atoms with Crippen LogP contribution < -0.4 is 5.32 Å². The van der Waals surface area contributed by atoms with Crippen molar-refractivity contribution < 1.29 is 4.79 Å². The Labute approximate surface area is 174 Å². The summed E-state index contributed by atoms with van der Waals surface area (Å²) in [5.74, 6) is 0.871. The number of hydrogen-bond acceptors (Lipinski definition) is 3. The molecule has 1 aromatic carbocycles. The number of unbranched alkanes of at least 4 members (excludes halogenated alkanes) is 1. The average Bonchev–Trinajstić information content (AvgIpc) is 3.12. The Hall–Kier alpha value is -1.65. The lowest BCUT2D eigenvalue weighted by Crippen LogP contribution is -2.31. The predicted molar refractivity (Wildman–Crippen MR) is 119 cm³/mol. The second-order valence-corrected chi connectivity index (χ2v) is 9.09. The van der Waals surface area contributed by atoms with Gasteiger partial charge in [-0.2, -0.15) is 0 Å². The molecule has 1 heterocycles. The number of nitrogens with one attached hydrogen (secondary N) is 1. The molecule has 0 saturated heterocycles. The molecule has 152 valence electrons. The molecule has 1 atom stereocenters. The highest BCUT2D eigenvalue weighted by atomic mass is 32.1. The number of rotatable bonds is 10. The summed E-state index contributed by atoms with van der Waals surface area (Å²) in [7, 11) is 0. The molecular formula is C24H34N2OS. The first-order valence-corrected chi connectivity index (χ1v) is 11.7. The Balaban J connectivity index is 1.46. The van der Waals surface area contributed by atoms with Gasteiger partial charge in [-0.3, -0.25) is 9.69 Å². The van der Waals surface area contributed by atoms with Crippen molar-refractivity contribution in [2.75, 3.05) is 19.6 Å². The first kappa shape index (κ1) is 21.1. The SMILES string of the molecule is CCCCN(CCCNC(=O)c1csc2c1CC[C@H](C)C2)Cc1ccccc1. The molecule has 0 fully saturated rings. The van der Waals surface area contributed by atoms with Crippen molar-refractivity contribution >= 4 is 17.2 Å². The Morgan fingerprint density at radius 3 is 2.79 bits per heavy atom. The number of thiophene rings is 1. The maximum atomic E-state index is 12.6. The minimum atomic E-state index is 0.121. The molecule has 0 radical (unpaired) electrons. The first-order valence-electron chi connectivity index (χ1n) is 10.8. The van der Waals surface area contributed by atoms with Gasteiger partial charge in [-0.05, 0) is 55.7 Å². The first-order chi connectivity index (χ1) is 13.7. The number of carbonyl (C=O) groups is 1. The van der Waals surface area contributed by atoms with Crippen LogP contribution in [0.5, 0.6) is 0 Å². The molecule has 3 nitrogen and oxygen atoms in total. The smallest absolute Gasteiger partial charge is 0.252 e. The zero-order valence-corrected chi connectivity index (χ0v) is 18.2. The van der Waals surface area contributed by atoms with Crippen LogP contribution in [0.2, 0.25) is 0 Å². The van der Waals surface area contributed by atoms with Gasteiger partial charge in [0.25, 0.3) is 5.91 Å². The van der Waals surface area contributed by atoms with Gasteiger partial charge in [-0.15, -0.1) is 11.3 Å². The Kier molecular flexibility index (Phi) is 8.11. The molecule has 2 aromatic rings. The van der Waals surface area contributed by atoms with Gasteiger partial charge in [-0.25, -0.2) is 0 Å². The van der Waals surface area contributed by atoms with Gasteiger partial charge >= 0.3 is 0 Å². The zero-order chi connectivity index (χ0) is 19.8. The zero-order valence-electron chi connectivity index (χ0n) is 17.4. The fourth-order valence-corrected chi connectivity index (χ4v) is 5.21. The van der Waals surface area contributed by atoms with Gasteiger partial charge < -0.3 is 5.32 Å². The fraction of sp³-hybridized carbons (Fsp3) is 0.542. The highest BCUT2D eigenvalue weighted by Crippen LogP contribution is 2.32. The van der Waals surface area contributed by atoms with Crippen molar-refractivity contribution in [2.24, 2.45) is 5.92 Å². The summed E-state index contributed by atoms with van der Waals surface area (Å²) in [6, 6.07) is 10.7. The van der Waals surface area contributed by atoms with E-state index in [0.29, 0.717) is 0 Å². The van der Waals surface area contributed by atoms with Crippen LogP contribution >= 0.6 is 11.3 Å². The quantitative estimate of drug-likeness (QED) is 0.551. The van der Waals surface area contributed by atoms with E-state index in [0.717, 1.165) is 56.9 Å². The van der Waals surface area contributed by atoms with E-state index in [1.54, 1.807) is 11.3 Å². The third-order valence-electron chi connectivity index (χ3n) is 5.66. The third kappa shape index (κ3) is 5.92.